The van der Waals surface area contributed by atoms with Gasteiger partial charge in [-0.05, 0) is 18.9 Å². The molecular formula is C10H22N+. The first-order chi connectivity index (χ1) is 5.12. The van der Waals surface area contributed by atoms with Gasteiger partial charge in [0.25, 0.3) is 0 Å². The van der Waals surface area contributed by atoms with Crippen molar-refractivity contribution < 1.29 is 4.48 Å². The summed E-state index contributed by atoms with van der Waals surface area (Å²) in [7, 11) is 4.52. The molecule has 1 heteroatoms. The average Bonchev–Trinajstić information content (AvgIpc) is 1.87. The Hall–Kier alpha value is -0.300. The number of quaternary nitrogens is 1. The molecule has 0 N–H and O–H groups in total. The van der Waals surface area contributed by atoms with Gasteiger partial charge in [0.05, 0.1) is 27.2 Å². The Balaban J connectivity index is 3.45. The molecule has 0 fully saturated rings. The summed E-state index contributed by atoms with van der Waals surface area (Å²) in [5, 5.41) is 0. The van der Waals surface area contributed by atoms with Crippen LogP contribution in [-0.4, -0.2) is 31.7 Å². The molecule has 0 spiro atoms. The molecule has 0 aliphatic heterocycles. The van der Waals surface area contributed by atoms with Crippen molar-refractivity contribution in [2.24, 2.45) is 0 Å². The third-order valence-electron chi connectivity index (χ3n) is 1.99. The zero-order valence-corrected chi connectivity index (χ0v) is 8.27. The molecule has 0 saturated carbocycles. The number of unbranched alkanes of at least 4 members (excludes halogenated alkanes) is 2. The van der Waals surface area contributed by atoms with Crippen LogP contribution in [0.4, 0.5) is 0 Å². The highest BCUT2D eigenvalue weighted by Crippen LogP contribution is 2.02. The summed E-state index contributed by atoms with van der Waals surface area (Å²) in [6.07, 6.45) is 6.02. The van der Waals surface area contributed by atoms with Crippen LogP contribution in [0.2, 0.25) is 0 Å². The first kappa shape index (κ1) is 10.7. The largest absolute Gasteiger partial charge is 0.325 e. The van der Waals surface area contributed by atoms with Crippen molar-refractivity contribution in [3.8, 4) is 0 Å². The average molecular weight is 156 g/mol. The van der Waals surface area contributed by atoms with E-state index in [0.717, 1.165) is 11.0 Å². The Bertz CT molecular complexity index is 105. The Labute approximate surface area is 71.3 Å². The molecule has 0 aromatic heterocycles. The molecule has 0 radical (unpaired) electrons. The number of hydrogen-bond donors (Lipinski definition) is 0. The van der Waals surface area contributed by atoms with Gasteiger partial charge in [-0.15, -0.1) is 0 Å². The maximum Gasteiger partial charge on any atom is 0.0966 e. The summed E-state index contributed by atoms with van der Waals surface area (Å²) >= 11 is 0. The van der Waals surface area contributed by atoms with Gasteiger partial charge in [0.1, 0.15) is 0 Å². The Morgan fingerprint density at radius 2 is 1.91 bits per heavy atom. The molecule has 1 nitrogen and oxygen atoms in total. The number of rotatable bonds is 6. The Morgan fingerprint density at radius 1 is 1.27 bits per heavy atom. The lowest BCUT2D eigenvalue weighted by Crippen LogP contribution is -2.40. The molecule has 0 heterocycles. The van der Waals surface area contributed by atoms with Crippen molar-refractivity contribution >= 4 is 0 Å². The lowest BCUT2D eigenvalue weighted by atomic mass is 10.2. The monoisotopic (exact) mass is 156 g/mol. The zero-order valence-electron chi connectivity index (χ0n) is 8.27. The van der Waals surface area contributed by atoms with Crippen LogP contribution < -0.4 is 0 Å². The van der Waals surface area contributed by atoms with E-state index in [1.165, 1.54) is 25.8 Å². The van der Waals surface area contributed by atoms with E-state index in [-0.39, 0.29) is 0 Å². The maximum atomic E-state index is 3.76. The van der Waals surface area contributed by atoms with E-state index in [2.05, 4.69) is 27.6 Å². The molecule has 0 aliphatic carbocycles. The van der Waals surface area contributed by atoms with Crippen LogP contribution in [0.3, 0.4) is 0 Å². The predicted octanol–water partition coefficient (Wildman–Crippen LogP) is 2.44. The molecule has 0 aliphatic rings. The van der Waals surface area contributed by atoms with Gasteiger partial charge < -0.3 is 4.48 Å². The summed E-state index contributed by atoms with van der Waals surface area (Å²) in [6, 6.07) is 0. The SMILES string of the molecule is C=CC[N+](C)(C)CCCCC. The second-order valence-corrected chi connectivity index (χ2v) is 3.84. The molecule has 0 bridgehead atoms. The summed E-state index contributed by atoms with van der Waals surface area (Å²) in [5.41, 5.74) is 0. The highest BCUT2D eigenvalue weighted by atomic mass is 15.3. The van der Waals surface area contributed by atoms with Gasteiger partial charge in [0.2, 0.25) is 0 Å². The van der Waals surface area contributed by atoms with E-state index in [1.54, 1.807) is 0 Å². The van der Waals surface area contributed by atoms with Crippen molar-refractivity contribution in [2.75, 3.05) is 27.2 Å². The fraction of sp³-hybridized carbons (Fsp3) is 0.800. The Morgan fingerprint density at radius 3 is 2.36 bits per heavy atom. The van der Waals surface area contributed by atoms with Crippen LogP contribution in [0.15, 0.2) is 12.7 Å². The van der Waals surface area contributed by atoms with Crippen molar-refractivity contribution in [2.45, 2.75) is 26.2 Å². The van der Waals surface area contributed by atoms with Gasteiger partial charge in [-0.3, -0.25) is 0 Å². The van der Waals surface area contributed by atoms with Crippen LogP contribution in [0, 0.1) is 0 Å². The number of nitrogens with zero attached hydrogens (tertiary/aromatic N) is 1. The topological polar surface area (TPSA) is 0 Å². The molecule has 11 heavy (non-hydrogen) atoms. The minimum atomic E-state index is 1.09. The van der Waals surface area contributed by atoms with Crippen LogP contribution in [-0.2, 0) is 0 Å². The first-order valence-electron chi connectivity index (χ1n) is 4.55. The van der Waals surface area contributed by atoms with E-state index in [0.29, 0.717) is 0 Å². The van der Waals surface area contributed by atoms with E-state index >= 15 is 0 Å². The van der Waals surface area contributed by atoms with Crippen LogP contribution in [0.1, 0.15) is 26.2 Å². The Kier molecular flexibility index (Phi) is 5.22. The van der Waals surface area contributed by atoms with E-state index in [4.69, 9.17) is 0 Å². The van der Waals surface area contributed by atoms with Crippen molar-refractivity contribution in [3.63, 3.8) is 0 Å². The fourth-order valence-electron chi connectivity index (χ4n) is 1.23. The molecule has 0 aromatic carbocycles. The summed E-state index contributed by atoms with van der Waals surface area (Å²) < 4.78 is 1.09. The molecule has 0 atom stereocenters. The molecule has 0 aromatic rings. The van der Waals surface area contributed by atoms with Crippen molar-refractivity contribution in [1.29, 1.82) is 0 Å². The van der Waals surface area contributed by atoms with Crippen LogP contribution >= 0.6 is 0 Å². The standard InChI is InChI=1S/C10H22N/c1-5-7-8-10-11(3,4)9-6-2/h6H,2,5,7-10H2,1,3-4H3/q+1. The fourth-order valence-corrected chi connectivity index (χ4v) is 1.23. The van der Waals surface area contributed by atoms with Gasteiger partial charge in [-0.2, -0.15) is 0 Å². The van der Waals surface area contributed by atoms with Gasteiger partial charge in [0.15, 0.2) is 0 Å². The minimum Gasteiger partial charge on any atom is -0.325 e. The molecular weight excluding hydrogens is 134 g/mol. The first-order valence-corrected chi connectivity index (χ1v) is 4.55. The second-order valence-electron chi connectivity index (χ2n) is 3.84. The molecule has 0 amide bonds. The maximum absolute atomic E-state index is 3.76. The second kappa shape index (κ2) is 5.36. The van der Waals surface area contributed by atoms with Crippen molar-refractivity contribution in [3.05, 3.63) is 12.7 Å². The normalized spacial score (nSPS) is 11.5. The zero-order chi connectivity index (χ0) is 8.74. The quantitative estimate of drug-likeness (QED) is 0.315. The smallest absolute Gasteiger partial charge is 0.0966 e. The third-order valence-corrected chi connectivity index (χ3v) is 1.99. The van der Waals surface area contributed by atoms with Crippen LogP contribution in [0.5, 0.6) is 0 Å². The molecule has 66 valence electrons. The summed E-state index contributed by atoms with van der Waals surface area (Å²) in [5.74, 6) is 0. The van der Waals surface area contributed by atoms with Crippen LogP contribution in [0.25, 0.3) is 0 Å². The number of hydrogen-bond acceptors (Lipinski definition) is 0. The van der Waals surface area contributed by atoms with Gasteiger partial charge in [0, 0.05) is 0 Å². The van der Waals surface area contributed by atoms with Crippen molar-refractivity contribution in [1.82, 2.24) is 0 Å². The summed E-state index contributed by atoms with van der Waals surface area (Å²) in [4.78, 5) is 0. The molecule has 0 rings (SSSR count). The highest BCUT2D eigenvalue weighted by molar-refractivity contribution is 4.64. The van der Waals surface area contributed by atoms with Gasteiger partial charge >= 0.3 is 0 Å². The highest BCUT2D eigenvalue weighted by Gasteiger charge is 2.10. The van der Waals surface area contributed by atoms with Gasteiger partial charge in [-0.1, -0.05) is 19.9 Å². The lowest BCUT2D eigenvalue weighted by Gasteiger charge is -2.28. The number of likely N-dealkylation sites (N-methyl/N-ethyl adjacent to an activating group) is 1. The predicted molar refractivity (Wildman–Crippen MR) is 51.6 cm³/mol. The third kappa shape index (κ3) is 6.11. The molecule has 0 saturated heterocycles. The van der Waals surface area contributed by atoms with E-state index in [1.807, 2.05) is 6.08 Å². The minimum absolute atomic E-state index is 1.09. The summed E-state index contributed by atoms with van der Waals surface area (Å²) in [6.45, 7) is 8.37. The lowest BCUT2D eigenvalue weighted by molar-refractivity contribution is -0.884. The van der Waals surface area contributed by atoms with E-state index < -0.39 is 0 Å². The molecule has 0 unspecified atom stereocenters. The van der Waals surface area contributed by atoms with E-state index in [9.17, 15) is 0 Å². The van der Waals surface area contributed by atoms with Gasteiger partial charge in [-0.25, -0.2) is 0 Å².